The summed E-state index contributed by atoms with van der Waals surface area (Å²) in [7, 11) is 0. The number of alkyl halides is 3. The summed E-state index contributed by atoms with van der Waals surface area (Å²) in [5.74, 6) is -3.54. The van der Waals surface area contributed by atoms with Crippen LogP contribution in [0.3, 0.4) is 0 Å². The summed E-state index contributed by atoms with van der Waals surface area (Å²) in [6, 6.07) is 6.25. The number of pyridine rings is 1. The molecule has 3 aromatic rings. The number of hydrogen-bond acceptors (Lipinski definition) is 9. The number of benzene rings is 1. The molecule has 2 aromatic heterocycles. The van der Waals surface area contributed by atoms with Crippen molar-refractivity contribution >= 4 is 29.4 Å². The Kier molecular flexibility index (Phi) is 13.7. The molecule has 292 valence electrons. The Balaban J connectivity index is 1.32. The summed E-state index contributed by atoms with van der Waals surface area (Å²) in [6.07, 6.45) is -0.138. The predicted octanol–water partition coefficient (Wildman–Crippen LogP) is 5.37. The molecule has 0 aliphatic carbocycles. The van der Waals surface area contributed by atoms with Crippen molar-refractivity contribution in [2.75, 3.05) is 6.54 Å². The minimum atomic E-state index is -4.52. The van der Waals surface area contributed by atoms with Crippen LogP contribution in [0.15, 0.2) is 53.1 Å². The highest BCUT2D eigenvalue weighted by Crippen LogP contribution is 2.31. The normalized spacial score (nSPS) is 15.9. The molecule has 1 fully saturated rings. The second-order valence-electron chi connectivity index (χ2n) is 14.8. The van der Waals surface area contributed by atoms with Gasteiger partial charge in [0.1, 0.15) is 17.8 Å². The van der Waals surface area contributed by atoms with Crippen LogP contribution in [0.5, 0.6) is 0 Å². The molecule has 1 aliphatic rings. The van der Waals surface area contributed by atoms with Crippen molar-refractivity contribution in [2.45, 2.75) is 110 Å². The Morgan fingerprint density at radius 2 is 1.59 bits per heavy atom. The van der Waals surface area contributed by atoms with Gasteiger partial charge < -0.3 is 25.3 Å². The molecule has 54 heavy (non-hydrogen) atoms. The van der Waals surface area contributed by atoms with Gasteiger partial charge in [-0.1, -0.05) is 40.2 Å². The molecule has 16 heteroatoms. The van der Waals surface area contributed by atoms with Gasteiger partial charge in [-0.05, 0) is 87.8 Å². The molecule has 4 rings (SSSR count). The molecule has 13 nitrogen and oxygen atoms in total. The van der Waals surface area contributed by atoms with Crippen LogP contribution in [0.4, 0.5) is 13.2 Å². The molecule has 0 unspecified atom stereocenters. The minimum Gasteiger partial charge on any atom is -0.414 e. The molecule has 4 amide bonds. The van der Waals surface area contributed by atoms with Crippen molar-refractivity contribution < 1.29 is 41.6 Å². The van der Waals surface area contributed by atoms with Gasteiger partial charge >= 0.3 is 6.18 Å². The number of rotatable bonds is 16. The highest BCUT2D eigenvalue weighted by Gasteiger charge is 2.41. The summed E-state index contributed by atoms with van der Waals surface area (Å²) in [6.45, 7) is 11.1. The monoisotopic (exact) mass is 755 g/mol. The third-order valence-electron chi connectivity index (χ3n) is 9.23. The number of likely N-dealkylation sites (tertiary alicyclic amines) is 1. The number of amides is 4. The van der Waals surface area contributed by atoms with Crippen LogP contribution in [0, 0.1) is 11.8 Å². The van der Waals surface area contributed by atoms with E-state index in [0.717, 1.165) is 24.3 Å². The quantitative estimate of drug-likeness (QED) is 0.128. The Bertz CT molecular complexity index is 1780. The van der Waals surface area contributed by atoms with E-state index in [-0.39, 0.29) is 42.2 Å². The maximum absolute atomic E-state index is 13.8. The van der Waals surface area contributed by atoms with E-state index < -0.39 is 64.8 Å². The van der Waals surface area contributed by atoms with Gasteiger partial charge in [0.2, 0.25) is 29.4 Å². The van der Waals surface area contributed by atoms with Crippen LogP contribution in [-0.2, 0) is 20.6 Å². The number of carbonyl (C=O) groups is 5. The van der Waals surface area contributed by atoms with Crippen molar-refractivity contribution in [1.29, 1.82) is 0 Å². The van der Waals surface area contributed by atoms with Crippen LogP contribution in [-0.4, -0.2) is 79.7 Å². The first-order valence-electron chi connectivity index (χ1n) is 18.1. The van der Waals surface area contributed by atoms with Gasteiger partial charge in [-0.3, -0.25) is 29.0 Å². The van der Waals surface area contributed by atoms with Gasteiger partial charge in [0.15, 0.2) is 0 Å². The van der Waals surface area contributed by atoms with Crippen LogP contribution < -0.4 is 16.0 Å². The van der Waals surface area contributed by atoms with E-state index in [1.807, 2.05) is 13.8 Å². The van der Waals surface area contributed by atoms with E-state index in [4.69, 9.17) is 4.42 Å². The smallest absolute Gasteiger partial charge is 0.414 e. The van der Waals surface area contributed by atoms with Crippen molar-refractivity contribution in [1.82, 2.24) is 36.0 Å². The maximum Gasteiger partial charge on any atom is 0.416 e. The molecular weight excluding hydrogens is 707 g/mol. The fourth-order valence-electron chi connectivity index (χ4n) is 6.18. The molecule has 3 heterocycles. The lowest BCUT2D eigenvalue weighted by Crippen LogP contribution is -2.57. The number of nitrogens with zero attached hydrogens (tertiary/aromatic N) is 4. The predicted molar refractivity (Wildman–Crippen MR) is 192 cm³/mol. The van der Waals surface area contributed by atoms with E-state index in [1.165, 1.54) is 4.90 Å². The highest BCUT2D eigenvalue weighted by atomic mass is 19.4. The lowest BCUT2D eigenvalue weighted by Gasteiger charge is -2.31. The molecule has 1 saturated heterocycles. The van der Waals surface area contributed by atoms with Crippen molar-refractivity contribution in [3.8, 4) is 11.5 Å². The van der Waals surface area contributed by atoms with E-state index in [2.05, 4.69) is 31.1 Å². The van der Waals surface area contributed by atoms with Gasteiger partial charge in [0.25, 0.3) is 11.8 Å². The van der Waals surface area contributed by atoms with E-state index >= 15 is 0 Å². The SMILES string of the molecule is CC(C)[C@H](NC(=O)[C@H]1CCCN1C(=O)[C@@H](NC(=O)CCCCC(C)(C)NC(=O)c1ccccn1)C(C)C)C(=O)c1nnc(-c2ccc(C(F)(F)F)cc2)o1. The van der Waals surface area contributed by atoms with Gasteiger partial charge in [0.05, 0.1) is 11.6 Å². The third-order valence-corrected chi connectivity index (χ3v) is 9.23. The molecule has 1 aromatic carbocycles. The van der Waals surface area contributed by atoms with E-state index in [0.29, 0.717) is 37.8 Å². The number of carbonyl (C=O) groups excluding carboxylic acids is 5. The first-order chi connectivity index (χ1) is 25.4. The number of halogens is 3. The van der Waals surface area contributed by atoms with Gasteiger partial charge in [-0.2, -0.15) is 13.2 Å². The summed E-state index contributed by atoms with van der Waals surface area (Å²) in [4.78, 5) is 72.0. The number of nitrogens with one attached hydrogen (secondary N) is 3. The second-order valence-corrected chi connectivity index (χ2v) is 14.8. The lowest BCUT2D eigenvalue weighted by atomic mass is 9.96. The van der Waals surface area contributed by atoms with Gasteiger partial charge in [-0.15, -0.1) is 10.2 Å². The lowest BCUT2D eigenvalue weighted by molar-refractivity contribution is -0.142. The van der Waals surface area contributed by atoms with Gasteiger partial charge in [0, 0.05) is 30.3 Å². The van der Waals surface area contributed by atoms with Crippen LogP contribution in [0.2, 0.25) is 0 Å². The zero-order valence-electron chi connectivity index (χ0n) is 31.3. The molecule has 0 bridgehead atoms. The maximum atomic E-state index is 13.8. The van der Waals surface area contributed by atoms with Crippen LogP contribution in [0.25, 0.3) is 11.5 Å². The molecule has 1 aliphatic heterocycles. The third kappa shape index (κ3) is 10.9. The number of hydrogen-bond donors (Lipinski definition) is 3. The Morgan fingerprint density at radius 1 is 0.907 bits per heavy atom. The number of ketones is 1. The highest BCUT2D eigenvalue weighted by molar-refractivity contribution is 6.00. The molecule has 3 atom stereocenters. The zero-order chi connectivity index (χ0) is 39.8. The number of aromatic nitrogens is 3. The molecule has 0 saturated carbocycles. The topological polar surface area (TPSA) is 176 Å². The first-order valence-corrected chi connectivity index (χ1v) is 18.1. The first kappa shape index (κ1) is 41.6. The van der Waals surface area contributed by atoms with Crippen LogP contribution >= 0.6 is 0 Å². The second kappa shape index (κ2) is 17.8. The number of Topliss-reactive ketones (excluding diaryl/α,β-unsaturated/α-hetero) is 1. The Hall–Kier alpha value is -5.15. The summed E-state index contributed by atoms with van der Waals surface area (Å²) in [5.41, 5.74) is -0.892. The Morgan fingerprint density at radius 3 is 2.20 bits per heavy atom. The minimum absolute atomic E-state index is 0.163. The number of unbranched alkanes of at least 4 members (excludes halogenated alkanes) is 1. The average Bonchev–Trinajstić information content (AvgIpc) is 3.82. The fraction of sp³-hybridized carbons (Fsp3) is 0.526. The van der Waals surface area contributed by atoms with Crippen molar-refractivity contribution in [2.24, 2.45) is 11.8 Å². The molecule has 0 spiro atoms. The zero-order valence-corrected chi connectivity index (χ0v) is 31.3. The van der Waals surface area contributed by atoms with E-state index in [1.54, 1.807) is 52.1 Å². The van der Waals surface area contributed by atoms with Crippen molar-refractivity contribution in [3.63, 3.8) is 0 Å². The molecule has 0 radical (unpaired) electrons. The van der Waals surface area contributed by atoms with Gasteiger partial charge in [-0.25, -0.2) is 0 Å². The van der Waals surface area contributed by atoms with Crippen LogP contribution in [0.1, 0.15) is 107 Å². The molecular formula is C38H48F3N7O6. The summed E-state index contributed by atoms with van der Waals surface area (Å²) >= 11 is 0. The largest absolute Gasteiger partial charge is 0.416 e. The summed E-state index contributed by atoms with van der Waals surface area (Å²) < 4.78 is 44.4. The fourth-order valence-corrected chi connectivity index (χ4v) is 6.18. The average molecular weight is 756 g/mol. The van der Waals surface area contributed by atoms with Crippen molar-refractivity contribution in [3.05, 3.63) is 65.8 Å². The molecule has 3 N–H and O–H groups in total. The van der Waals surface area contributed by atoms with E-state index in [9.17, 15) is 37.1 Å². The summed E-state index contributed by atoms with van der Waals surface area (Å²) in [5, 5.41) is 16.2. The Labute approximate surface area is 312 Å². The standard InChI is InChI=1S/C38H48F3N7O6/c1-22(2)29(31(50)35-47-46-34(54-35)24-15-17-25(18-16-24)38(39,40)41)44-33(52)27-13-11-21-48(27)36(53)30(23(3)4)43-28(49)14-7-9-19-37(5,6)45-32(51)26-12-8-10-20-42-26/h8,10,12,15-18,20,22-23,27,29-30H,7,9,11,13-14,19,21H2,1-6H3,(H,43,49)(H,44,52)(H,45,51)/t27-,29+,30+/m1/s1.